The average Bonchev–Trinajstić information content (AvgIpc) is 2.16. The minimum atomic E-state index is -0.826. The fourth-order valence-corrected chi connectivity index (χ4v) is 1.28. The standard InChI is InChI=1S/C11H15NO2/c1-8-2-4-9(5-3-8)6-10(7-12)11(13)14/h2-5,10H,6-7,12H2,1H3,(H,13,14). The highest BCUT2D eigenvalue weighted by Crippen LogP contribution is 2.09. The van der Waals surface area contributed by atoms with Crippen LogP contribution in [-0.2, 0) is 11.2 Å². The molecule has 0 radical (unpaired) electrons. The average molecular weight is 193 g/mol. The number of benzene rings is 1. The highest BCUT2D eigenvalue weighted by atomic mass is 16.4. The van der Waals surface area contributed by atoms with E-state index in [1.54, 1.807) is 0 Å². The van der Waals surface area contributed by atoms with E-state index in [-0.39, 0.29) is 6.54 Å². The zero-order valence-electron chi connectivity index (χ0n) is 8.23. The molecule has 0 spiro atoms. The minimum Gasteiger partial charge on any atom is -0.481 e. The molecule has 3 nitrogen and oxygen atoms in total. The van der Waals surface area contributed by atoms with Crippen molar-refractivity contribution in [2.75, 3.05) is 6.54 Å². The number of nitrogens with two attached hydrogens (primary N) is 1. The van der Waals surface area contributed by atoms with Gasteiger partial charge in [0.1, 0.15) is 0 Å². The molecule has 76 valence electrons. The van der Waals surface area contributed by atoms with E-state index in [0.29, 0.717) is 6.42 Å². The van der Waals surface area contributed by atoms with Gasteiger partial charge in [0.15, 0.2) is 0 Å². The molecule has 0 fully saturated rings. The third kappa shape index (κ3) is 2.85. The maximum Gasteiger partial charge on any atom is 0.308 e. The summed E-state index contributed by atoms with van der Waals surface area (Å²) in [6, 6.07) is 7.84. The molecular weight excluding hydrogens is 178 g/mol. The van der Waals surface area contributed by atoms with Crippen LogP contribution in [0.1, 0.15) is 11.1 Å². The number of rotatable bonds is 4. The minimum absolute atomic E-state index is 0.184. The van der Waals surface area contributed by atoms with Crippen molar-refractivity contribution in [1.82, 2.24) is 0 Å². The molecule has 0 saturated carbocycles. The van der Waals surface area contributed by atoms with E-state index < -0.39 is 11.9 Å². The van der Waals surface area contributed by atoms with Crippen LogP contribution in [0, 0.1) is 12.8 Å². The Morgan fingerprint density at radius 3 is 2.43 bits per heavy atom. The van der Waals surface area contributed by atoms with Gasteiger partial charge < -0.3 is 10.8 Å². The predicted molar refractivity (Wildman–Crippen MR) is 55.1 cm³/mol. The van der Waals surface area contributed by atoms with Crippen LogP contribution in [0.25, 0.3) is 0 Å². The maximum absolute atomic E-state index is 10.7. The summed E-state index contributed by atoms with van der Waals surface area (Å²) in [4.78, 5) is 10.7. The van der Waals surface area contributed by atoms with Gasteiger partial charge in [0, 0.05) is 6.54 Å². The number of carboxylic acid groups (broad SMARTS) is 1. The van der Waals surface area contributed by atoms with Gasteiger partial charge >= 0.3 is 5.97 Å². The summed E-state index contributed by atoms with van der Waals surface area (Å²) in [6.07, 6.45) is 0.506. The van der Waals surface area contributed by atoms with Crippen LogP contribution in [0.15, 0.2) is 24.3 Å². The van der Waals surface area contributed by atoms with Crippen LogP contribution in [-0.4, -0.2) is 17.6 Å². The van der Waals surface area contributed by atoms with Gasteiger partial charge in [0.05, 0.1) is 5.92 Å². The molecular formula is C11H15NO2. The Morgan fingerprint density at radius 2 is 2.00 bits per heavy atom. The van der Waals surface area contributed by atoms with E-state index in [0.717, 1.165) is 5.56 Å². The smallest absolute Gasteiger partial charge is 0.308 e. The third-order valence-electron chi connectivity index (χ3n) is 2.24. The summed E-state index contributed by atoms with van der Waals surface area (Å²) in [7, 11) is 0. The second kappa shape index (κ2) is 4.77. The van der Waals surface area contributed by atoms with Crippen LogP contribution in [0.4, 0.5) is 0 Å². The highest BCUT2D eigenvalue weighted by Gasteiger charge is 2.15. The number of aliphatic carboxylic acids is 1. The van der Waals surface area contributed by atoms with E-state index >= 15 is 0 Å². The van der Waals surface area contributed by atoms with Crippen molar-refractivity contribution in [2.24, 2.45) is 11.7 Å². The number of hydrogen-bond donors (Lipinski definition) is 2. The predicted octanol–water partition coefficient (Wildman–Crippen LogP) is 1.20. The fraction of sp³-hybridized carbons (Fsp3) is 0.364. The van der Waals surface area contributed by atoms with Gasteiger partial charge in [-0.25, -0.2) is 0 Å². The normalized spacial score (nSPS) is 12.4. The molecule has 0 aliphatic carbocycles. The van der Waals surface area contributed by atoms with Crippen LogP contribution < -0.4 is 5.73 Å². The molecule has 0 heterocycles. The molecule has 1 unspecified atom stereocenters. The molecule has 1 rings (SSSR count). The maximum atomic E-state index is 10.7. The molecule has 0 bridgehead atoms. The van der Waals surface area contributed by atoms with Gasteiger partial charge in [0.2, 0.25) is 0 Å². The Labute approximate surface area is 83.6 Å². The number of hydrogen-bond acceptors (Lipinski definition) is 2. The van der Waals surface area contributed by atoms with E-state index in [2.05, 4.69) is 0 Å². The van der Waals surface area contributed by atoms with E-state index in [9.17, 15) is 4.79 Å². The van der Waals surface area contributed by atoms with E-state index in [4.69, 9.17) is 10.8 Å². The second-order valence-electron chi connectivity index (χ2n) is 3.46. The van der Waals surface area contributed by atoms with Crippen molar-refractivity contribution in [3.05, 3.63) is 35.4 Å². The van der Waals surface area contributed by atoms with Crippen LogP contribution in [0.3, 0.4) is 0 Å². The first-order chi connectivity index (χ1) is 6.63. The lowest BCUT2D eigenvalue weighted by Crippen LogP contribution is -2.25. The lowest BCUT2D eigenvalue weighted by Gasteiger charge is -2.09. The zero-order valence-corrected chi connectivity index (χ0v) is 8.23. The molecule has 1 atom stereocenters. The van der Waals surface area contributed by atoms with E-state index in [1.165, 1.54) is 5.56 Å². The molecule has 0 aliphatic heterocycles. The van der Waals surface area contributed by atoms with Gasteiger partial charge in [-0.05, 0) is 18.9 Å². The Kier molecular flexibility index (Phi) is 3.65. The van der Waals surface area contributed by atoms with Gasteiger partial charge in [-0.2, -0.15) is 0 Å². The number of aryl methyl sites for hydroxylation is 1. The van der Waals surface area contributed by atoms with Gasteiger partial charge in [-0.3, -0.25) is 4.79 Å². The molecule has 0 aromatic heterocycles. The lowest BCUT2D eigenvalue weighted by molar-refractivity contribution is -0.141. The van der Waals surface area contributed by atoms with Crippen molar-refractivity contribution >= 4 is 5.97 Å². The topological polar surface area (TPSA) is 63.3 Å². The molecule has 1 aromatic rings. The molecule has 3 heteroatoms. The number of carboxylic acids is 1. The SMILES string of the molecule is Cc1ccc(CC(CN)C(=O)O)cc1. The second-order valence-corrected chi connectivity index (χ2v) is 3.46. The zero-order chi connectivity index (χ0) is 10.6. The van der Waals surface area contributed by atoms with Crippen molar-refractivity contribution in [3.63, 3.8) is 0 Å². The highest BCUT2D eigenvalue weighted by molar-refractivity contribution is 5.70. The Balaban J connectivity index is 2.67. The molecule has 14 heavy (non-hydrogen) atoms. The molecule has 0 saturated heterocycles. The van der Waals surface area contributed by atoms with Crippen molar-refractivity contribution in [3.8, 4) is 0 Å². The number of carbonyl (C=O) groups is 1. The first-order valence-electron chi connectivity index (χ1n) is 4.62. The van der Waals surface area contributed by atoms with Crippen LogP contribution in [0.2, 0.25) is 0 Å². The first-order valence-corrected chi connectivity index (χ1v) is 4.62. The van der Waals surface area contributed by atoms with Crippen molar-refractivity contribution < 1.29 is 9.90 Å². The lowest BCUT2D eigenvalue weighted by atomic mass is 9.99. The quantitative estimate of drug-likeness (QED) is 0.755. The fourth-order valence-electron chi connectivity index (χ4n) is 1.28. The Bertz CT molecular complexity index is 306. The third-order valence-corrected chi connectivity index (χ3v) is 2.24. The van der Waals surface area contributed by atoms with Crippen LogP contribution >= 0.6 is 0 Å². The summed E-state index contributed by atoms with van der Waals surface area (Å²) < 4.78 is 0. The molecule has 0 aliphatic rings. The van der Waals surface area contributed by atoms with Gasteiger partial charge in [-0.15, -0.1) is 0 Å². The summed E-state index contributed by atoms with van der Waals surface area (Å²) in [5, 5.41) is 8.81. The summed E-state index contributed by atoms with van der Waals surface area (Å²) in [5.74, 6) is -1.30. The van der Waals surface area contributed by atoms with Crippen LogP contribution in [0.5, 0.6) is 0 Å². The van der Waals surface area contributed by atoms with Crippen molar-refractivity contribution in [2.45, 2.75) is 13.3 Å². The van der Waals surface area contributed by atoms with E-state index in [1.807, 2.05) is 31.2 Å². The molecule has 1 aromatic carbocycles. The largest absolute Gasteiger partial charge is 0.481 e. The Morgan fingerprint density at radius 1 is 1.43 bits per heavy atom. The van der Waals surface area contributed by atoms with Gasteiger partial charge in [-0.1, -0.05) is 29.8 Å². The summed E-state index contributed by atoms with van der Waals surface area (Å²) >= 11 is 0. The first kappa shape index (κ1) is 10.7. The monoisotopic (exact) mass is 193 g/mol. The summed E-state index contributed by atoms with van der Waals surface area (Å²) in [5.41, 5.74) is 7.57. The Hall–Kier alpha value is -1.35. The molecule has 3 N–H and O–H groups in total. The van der Waals surface area contributed by atoms with Gasteiger partial charge in [0.25, 0.3) is 0 Å². The van der Waals surface area contributed by atoms with Crippen molar-refractivity contribution in [1.29, 1.82) is 0 Å². The summed E-state index contributed by atoms with van der Waals surface area (Å²) in [6.45, 7) is 2.19. The molecule has 0 amide bonds.